The van der Waals surface area contributed by atoms with Crippen molar-refractivity contribution in [3.63, 3.8) is 0 Å². The molecule has 2 aromatic rings. The van der Waals surface area contributed by atoms with Crippen LogP contribution in [-0.2, 0) is 0 Å². The molecule has 0 unspecified atom stereocenters. The molecule has 1 aliphatic heterocycles. The number of amides is 3. The molecule has 0 bridgehead atoms. The molecule has 0 radical (unpaired) electrons. The Bertz CT molecular complexity index is 914. The highest BCUT2D eigenvalue weighted by molar-refractivity contribution is 6.22. The second-order valence-corrected chi connectivity index (χ2v) is 6.93. The number of ether oxygens (including phenoxy) is 1. The lowest BCUT2D eigenvalue weighted by atomic mass is 10.1. The highest BCUT2D eigenvalue weighted by Gasteiger charge is 2.33. The van der Waals surface area contributed by atoms with Crippen molar-refractivity contribution in [2.24, 2.45) is 0 Å². The monoisotopic (exact) mass is 364 g/mol. The number of carbonyl (C=O) groups excluding carboxylic acids is 3. The van der Waals surface area contributed by atoms with Crippen LogP contribution in [0.25, 0.3) is 0 Å². The highest BCUT2D eigenvalue weighted by Crippen LogP contribution is 2.26. The molecule has 2 aromatic carbocycles. The van der Waals surface area contributed by atoms with E-state index in [1.165, 1.54) is 32.0 Å². The maximum atomic E-state index is 12.5. The lowest BCUT2D eigenvalue weighted by Gasteiger charge is -2.13. The summed E-state index contributed by atoms with van der Waals surface area (Å²) in [6.07, 6.45) is 4.89. The minimum absolute atomic E-state index is 0.260. The second-order valence-electron chi connectivity index (χ2n) is 6.93. The molecule has 138 valence electrons. The molecular weight excluding hydrogens is 344 g/mol. The van der Waals surface area contributed by atoms with Gasteiger partial charge in [0.1, 0.15) is 5.75 Å². The number of nitrogens with one attached hydrogen (secondary N) is 1. The van der Waals surface area contributed by atoms with Crippen molar-refractivity contribution in [1.29, 1.82) is 0 Å². The minimum Gasteiger partial charge on any atom is -0.490 e. The smallest absolute Gasteiger partial charge is 0.261 e. The van der Waals surface area contributed by atoms with Crippen molar-refractivity contribution in [3.05, 3.63) is 59.2 Å². The number of rotatable bonds is 4. The maximum Gasteiger partial charge on any atom is 0.261 e. The van der Waals surface area contributed by atoms with Crippen LogP contribution in [0.5, 0.6) is 5.75 Å². The fraction of sp³-hybridized carbons (Fsp3) is 0.286. The molecule has 1 heterocycles. The van der Waals surface area contributed by atoms with Gasteiger partial charge in [0.25, 0.3) is 17.7 Å². The average molecular weight is 364 g/mol. The van der Waals surface area contributed by atoms with Gasteiger partial charge in [0, 0.05) is 18.3 Å². The fourth-order valence-electron chi connectivity index (χ4n) is 3.52. The van der Waals surface area contributed by atoms with Gasteiger partial charge in [-0.15, -0.1) is 0 Å². The zero-order chi connectivity index (χ0) is 19.0. The quantitative estimate of drug-likeness (QED) is 0.843. The van der Waals surface area contributed by atoms with Crippen molar-refractivity contribution in [2.75, 3.05) is 12.4 Å². The number of benzene rings is 2. The van der Waals surface area contributed by atoms with Gasteiger partial charge in [-0.1, -0.05) is 0 Å². The van der Waals surface area contributed by atoms with E-state index in [1.54, 1.807) is 18.2 Å². The summed E-state index contributed by atoms with van der Waals surface area (Å²) in [6, 6.07) is 11.8. The van der Waals surface area contributed by atoms with Gasteiger partial charge in [0.15, 0.2) is 0 Å². The SMILES string of the molecule is CN1C(=O)c2ccc(C(=O)Nc3ccc(OC4CCCC4)cc3)cc2C1=O. The summed E-state index contributed by atoms with van der Waals surface area (Å²) in [6.45, 7) is 0. The van der Waals surface area contributed by atoms with Gasteiger partial charge >= 0.3 is 0 Å². The zero-order valence-electron chi connectivity index (χ0n) is 15.0. The average Bonchev–Trinajstić information content (AvgIpc) is 3.26. The van der Waals surface area contributed by atoms with Crippen molar-refractivity contribution in [3.8, 4) is 5.75 Å². The third kappa shape index (κ3) is 3.30. The Hall–Kier alpha value is -3.15. The number of hydrogen-bond acceptors (Lipinski definition) is 4. The Morgan fingerprint density at radius 1 is 1.00 bits per heavy atom. The Labute approximate surface area is 157 Å². The molecule has 6 nitrogen and oxygen atoms in total. The predicted molar refractivity (Wildman–Crippen MR) is 100 cm³/mol. The van der Waals surface area contributed by atoms with Crippen molar-refractivity contribution < 1.29 is 19.1 Å². The molecule has 4 rings (SSSR count). The van der Waals surface area contributed by atoms with E-state index < -0.39 is 5.91 Å². The van der Waals surface area contributed by atoms with E-state index in [1.807, 2.05) is 12.1 Å². The van der Waals surface area contributed by atoms with Crippen LogP contribution >= 0.6 is 0 Å². The van der Waals surface area contributed by atoms with Gasteiger partial charge in [-0.2, -0.15) is 0 Å². The third-order valence-electron chi connectivity index (χ3n) is 5.07. The summed E-state index contributed by atoms with van der Waals surface area (Å²) in [7, 11) is 1.43. The number of carbonyl (C=O) groups is 3. The van der Waals surface area contributed by atoms with E-state index in [9.17, 15) is 14.4 Å². The van der Waals surface area contributed by atoms with Crippen LogP contribution in [0.1, 0.15) is 56.8 Å². The fourth-order valence-corrected chi connectivity index (χ4v) is 3.52. The first kappa shape index (κ1) is 17.3. The van der Waals surface area contributed by atoms with Crippen LogP contribution in [-0.4, -0.2) is 35.8 Å². The molecule has 27 heavy (non-hydrogen) atoms. The van der Waals surface area contributed by atoms with Gasteiger partial charge in [0.05, 0.1) is 17.2 Å². The Morgan fingerprint density at radius 3 is 2.37 bits per heavy atom. The van der Waals surface area contributed by atoms with E-state index >= 15 is 0 Å². The predicted octanol–water partition coefficient (Wildman–Crippen LogP) is 3.49. The van der Waals surface area contributed by atoms with Crippen LogP contribution in [0.4, 0.5) is 5.69 Å². The molecule has 0 atom stereocenters. The standard InChI is InChI=1S/C21H20N2O4/c1-23-20(25)17-11-6-13(12-18(17)21(23)26)19(24)22-14-7-9-16(10-8-14)27-15-4-2-3-5-15/h6-12,15H,2-5H2,1H3,(H,22,24). The van der Waals surface area contributed by atoms with Crippen molar-refractivity contribution in [2.45, 2.75) is 31.8 Å². The number of anilines is 1. The minimum atomic E-state index is -0.391. The molecular formula is C21H20N2O4. The first-order valence-corrected chi connectivity index (χ1v) is 9.07. The largest absolute Gasteiger partial charge is 0.490 e. The number of fused-ring (bicyclic) bond motifs is 1. The van der Waals surface area contributed by atoms with E-state index in [-0.39, 0.29) is 23.5 Å². The number of nitrogens with zero attached hydrogens (tertiary/aromatic N) is 1. The van der Waals surface area contributed by atoms with E-state index in [0.717, 1.165) is 23.5 Å². The van der Waals surface area contributed by atoms with Gasteiger partial charge in [-0.3, -0.25) is 19.3 Å². The summed E-state index contributed by atoms with van der Waals surface area (Å²) in [4.78, 5) is 37.6. The van der Waals surface area contributed by atoms with Crippen molar-refractivity contribution >= 4 is 23.4 Å². The van der Waals surface area contributed by atoms with Crippen LogP contribution < -0.4 is 10.1 Å². The molecule has 2 aliphatic rings. The summed E-state index contributed by atoms with van der Waals surface area (Å²) in [5.74, 6) is -0.278. The maximum absolute atomic E-state index is 12.5. The molecule has 0 spiro atoms. The third-order valence-corrected chi connectivity index (χ3v) is 5.07. The van der Waals surface area contributed by atoms with Crippen LogP contribution in [0.3, 0.4) is 0 Å². The van der Waals surface area contributed by atoms with Crippen LogP contribution in [0.2, 0.25) is 0 Å². The molecule has 6 heteroatoms. The van der Waals surface area contributed by atoms with Crippen LogP contribution in [0, 0.1) is 0 Å². The van der Waals surface area contributed by atoms with E-state index in [0.29, 0.717) is 16.8 Å². The van der Waals surface area contributed by atoms with Crippen LogP contribution in [0.15, 0.2) is 42.5 Å². The lowest BCUT2D eigenvalue weighted by molar-refractivity contribution is 0.0693. The molecule has 1 N–H and O–H groups in total. The molecule has 3 amide bonds. The Kier molecular flexibility index (Phi) is 4.39. The Balaban J connectivity index is 1.45. The van der Waals surface area contributed by atoms with Crippen molar-refractivity contribution in [1.82, 2.24) is 4.90 Å². The highest BCUT2D eigenvalue weighted by atomic mass is 16.5. The normalized spacial score (nSPS) is 16.6. The second kappa shape index (κ2) is 6.87. The summed E-state index contributed by atoms with van der Waals surface area (Å²) >= 11 is 0. The summed E-state index contributed by atoms with van der Waals surface area (Å²) < 4.78 is 5.92. The molecule has 0 aromatic heterocycles. The molecule has 0 saturated heterocycles. The Morgan fingerprint density at radius 2 is 1.67 bits per heavy atom. The van der Waals surface area contributed by atoms with Gasteiger partial charge in [0.2, 0.25) is 0 Å². The number of hydrogen-bond donors (Lipinski definition) is 1. The molecule has 1 fully saturated rings. The zero-order valence-corrected chi connectivity index (χ0v) is 15.0. The first-order valence-electron chi connectivity index (χ1n) is 9.07. The topological polar surface area (TPSA) is 75.7 Å². The summed E-state index contributed by atoms with van der Waals surface area (Å²) in [5.41, 5.74) is 1.55. The first-order chi connectivity index (χ1) is 13.0. The number of imide groups is 1. The van der Waals surface area contributed by atoms with E-state index in [4.69, 9.17) is 4.74 Å². The molecule has 1 aliphatic carbocycles. The van der Waals surface area contributed by atoms with Gasteiger partial charge in [-0.25, -0.2) is 0 Å². The lowest BCUT2D eigenvalue weighted by Crippen LogP contribution is -2.24. The van der Waals surface area contributed by atoms with E-state index in [2.05, 4.69) is 5.32 Å². The summed E-state index contributed by atoms with van der Waals surface area (Å²) in [5, 5.41) is 2.80. The van der Waals surface area contributed by atoms with Gasteiger partial charge in [-0.05, 0) is 68.1 Å². The van der Waals surface area contributed by atoms with Gasteiger partial charge < -0.3 is 10.1 Å². The molecule has 1 saturated carbocycles.